The number of furan rings is 1. The standard InChI is InChI=1S/C10H12N4O/c1-7-12-5-4-8(13-7)10(14-11)9-3-2-6-15-9/h2-6,10,14H,11H2,1H3. The van der Waals surface area contributed by atoms with Crippen molar-refractivity contribution < 1.29 is 4.42 Å². The maximum absolute atomic E-state index is 5.48. The maximum Gasteiger partial charge on any atom is 0.128 e. The Morgan fingerprint density at radius 3 is 2.93 bits per heavy atom. The average molecular weight is 204 g/mol. The molecule has 1 atom stereocenters. The highest BCUT2D eigenvalue weighted by Gasteiger charge is 2.16. The van der Waals surface area contributed by atoms with Crippen molar-refractivity contribution in [2.24, 2.45) is 5.84 Å². The zero-order valence-corrected chi connectivity index (χ0v) is 8.34. The lowest BCUT2D eigenvalue weighted by Gasteiger charge is -2.12. The Labute approximate surface area is 87.3 Å². The molecule has 0 saturated carbocycles. The summed E-state index contributed by atoms with van der Waals surface area (Å²) in [6.45, 7) is 1.83. The minimum Gasteiger partial charge on any atom is -0.467 e. The molecular weight excluding hydrogens is 192 g/mol. The van der Waals surface area contributed by atoms with E-state index in [0.717, 1.165) is 11.5 Å². The molecule has 0 amide bonds. The summed E-state index contributed by atoms with van der Waals surface area (Å²) < 4.78 is 5.28. The minimum absolute atomic E-state index is 0.235. The number of hydrogen-bond donors (Lipinski definition) is 2. The molecule has 3 N–H and O–H groups in total. The molecule has 0 aromatic carbocycles. The summed E-state index contributed by atoms with van der Waals surface area (Å²) in [7, 11) is 0. The minimum atomic E-state index is -0.235. The van der Waals surface area contributed by atoms with Crippen LogP contribution in [0.15, 0.2) is 35.1 Å². The van der Waals surface area contributed by atoms with Gasteiger partial charge in [-0.3, -0.25) is 5.84 Å². The fourth-order valence-electron chi connectivity index (χ4n) is 1.40. The van der Waals surface area contributed by atoms with E-state index in [1.807, 2.05) is 19.1 Å². The van der Waals surface area contributed by atoms with Gasteiger partial charge < -0.3 is 4.42 Å². The third kappa shape index (κ3) is 2.03. The van der Waals surface area contributed by atoms with E-state index in [1.165, 1.54) is 0 Å². The molecule has 0 spiro atoms. The summed E-state index contributed by atoms with van der Waals surface area (Å²) in [5.41, 5.74) is 3.46. The molecule has 2 aromatic rings. The number of hydrogen-bond acceptors (Lipinski definition) is 5. The van der Waals surface area contributed by atoms with Gasteiger partial charge >= 0.3 is 0 Å². The first kappa shape index (κ1) is 9.82. The Morgan fingerprint density at radius 2 is 2.33 bits per heavy atom. The molecule has 0 aliphatic carbocycles. The first-order valence-electron chi connectivity index (χ1n) is 4.60. The van der Waals surface area contributed by atoms with E-state index < -0.39 is 0 Å². The van der Waals surface area contributed by atoms with E-state index in [-0.39, 0.29) is 6.04 Å². The zero-order chi connectivity index (χ0) is 10.7. The van der Waals surface area contributed by atoms with Crippen molar-refractivity contribution in [3.05, 3.63) is 47.9 Å². The second-order valence-electron chi connectivity index (χ2n) is 3.14. The topological polar surface area (TPSA) is 77.0 Å². The molecule has 5 heteroatoms. The van der Waals surface area contributed by atoms with Gasteiger partial charge in [-0.05, 0) is 25.1 Å². The van der Waals surface area contributed by atoms with Gasteiger partial charge in [-0.1, -0.05) is 0 Å². The molecule has 78 valence electrons. The van der Waals surface area contributed by atoms with Gasteiger partial charge in [0, 0.05) is 6.20 Å². The highest BCUT2D eigenvalue weighted by atomic mass is 16.3. The van der Waals surface area contributed by atoms with Gasteiger partial charge in [0.1, 0.15) is 17.6 Å². The fraction of sp³-hybridized carbons (Fsp3) is 0.200. The van der Waals surface area contributed by atoms with E-state index >= 15 is 0 Å². The van der Waals surface area contributed by atoms with Gasteiger partial charge in [-0.2, -0.15) is 0 Å². The fourth-order valence-corrected chi connectivity index (χ4v) is 1.40. The summed E-state index contributed by atoms with van der Waals surface area (Å²) in [6, 6.07) is 5.23. The molecule has 2 heterocycles. The van der Waals surface area contributed by atoms with Crippen LogP contribution in [0.4, 0.5) is 0 Å². The van der Waals surface area contributed by atoms with Crippen LogP contribution in [0.25, 0.3) is 0 Å². The van der Waals surface area contributed by atoms with Crippen LogP contribution in [0.2, 0.25) is 0 Å². The van der Waals surface area contributed by atoms with Crippen molar-refractivity contribution in [2.45, 2.75) is 13.0 Å². The normalized spacial score (nSPS) is 12.7. The van der Waals surface area contributed by atoms with E-state index in [1.54, 1.807) is 18.5 Å². The van der Waals surface area contributed by atoms with Gasteiger partial charge in [0.25, 0.3) is 0 Å². The molecule has 0 radical (unpaired) electrons. The first-order chi connectivity index (χ1) is 7.31. The van der Waals surface area contributed by atoms with Crippen molar-refractivity contribution >= 4 is 0 Å². The highest BCUT2D eigenvalue weighted by Crippen LogP contribution is 2.19. The third-order valence-corrected chi connectivity index (χ3v) is 2.09. The Balaban J connectivity index is 2.35. The van der Waals surface area contributed by atoms with Crippen LogP contribution in [0.1, 0.15) is 23.3 Å². The molecule has 0 saturated heterocycles. The van der Waals surface area contributed by atoms with E-state index in [0.29, 0.717) is 5.82 Å². The summed E-state index contributed by atoms with van der Waals surface area (Å²) in [5.74, 6) is 6.92. The smallest absolute Gasteiger partial charge is 0.128 e. The van der Waals surface area contributed by atoms with Crippen molar-refractivity contribution in [2.75, 3.05) is 0 Å². The van der Waals surface area contributed by atoms with Gasteiger partial charge in [0.05, 0.1) is 12.0 Å². The van der Waals surface area contributed by atoms with E-state index in [9.17, 15) is 0 Å². The predicted octanol–water partition coefficient (Wildman–Crippen LogP) is 0.931. The van der Waals surface area contributed by atoms with Crippen LogP contribution in [-0.2, 0) is 0 Å². The molecule has 0 aliphatic heterocycles. The Bertz CT molecular complexity index is 427. The molecule has 1 unspecified atom stereocenters. The molecule has 0 aliphatic rings. The second kappa shape index (κ2) is 4.20. The average Bonchev–Trinajstić information content (AvgIpc) is 2.72. The van der Waals surface area contributed by atoms with E-state index in [2.05, 4.69) is 15.4 Å². The largest absolute Gasteiger partial charge is 0.467 e. The molecule has 0 bridgehead atoms. The van der Waals surface area contributed by atoms with Crippen LogP contribution < -0.4 is 11.3 Å². The van der Waals surface area contributed by atoms with Crippen LogP contribution in [-0.4, -0.2) is 9.97 Å². The molecule has 5 nitrogen and oxygen atoms in total. The lowest BCUT2D eigenvalue weighted by atomic mass is 10.1. The molecule has 0 fully saturated rings. The Kier molecular flexibility index (Phi) is 2.75. The van der Waals surface area contributed by atoms with Gasteiger partial charge in [-0.15, -0.1) is 0 Å². The zero-order valence-electron chi connectivity index (χ0n) is 8.34. The number of rotatable bonds is 3. The quantitative estimate of drug-likeness (QED) is 0.574. The summed E-state index contributed by atoms with van der Waals surface area (Å²) in [4.78, 5) is 8.31. The molecular formula is C10H12N4O. The number of hydrazine groups is 1. The van der Waals surface area contributed by atoms with Crippen LogP contribution in [0.3, 0.4) is 0 Å². The number of nitrogens with zero attached hydrogens (tertiary/aromatic N) is 2. The summed E-state index contributed by atoms with van der Waals surface area (Å²) in [5, 5.41) is 0. The summed E-state index contributed by atoms with van der Waals surface area (Å²) >= 11 is 0. The van der Waals surface area contributed by atoms with Crippen LogP contribution in [0.5, 0.6) is 0 Å². The lowest BCUT2D eigenvalue weighted by Crippen LogP contribution is -2.29. The SMILES string of the molecule is Cc1nccc(C(NN)c2ccco2)n1. The van der Waals surface area contributed by atoms with Crippen molar-refractivity contribution in [3.8, 4) is 0 Å². The number of aromatic nitrogens is 2. The monoisotopic (exact) mass is 204 g/mol. The van der Waals surface area contributed by atoms with Crippen molar-refractivity contribution in [1.29, 1.82) is 0 Å². The van der Waals surface area contributed by atoms with Crippen molar-refractivity contribution in [1.82, 2.24) is 15.4 Å². The lowest BCUT2D eigenvalue weighted by molar-refractivity contribution is 0.446. The number of aryl methyl sites for hydroxylation is 1. The maximum atomic E-state index is 5.48. The molecule has 2 rings (SSSR count). The second-order valence-corrected chi connectivity index (χ2v) is 3.14. The number of nitrogens with two attached hydrogens (primary N) is 1. The van der Waals surface area contributed by atoms with Crippen LogP contribution >= 0.6 is 0 Å². The number of nitrogens with one attached hydrogen (secondary N) is 1. The predicted molar refractivity (Wildman–Crippen MR) is 54.6 cm³/mol. The molecule has 15 heavy (non-hydrogen) atoms. The highest BCUT2D eigenvalue weighted by molar-refractivity contribution is 5.18. The Hall–Kier alpha value is -1.72. The van der Waals surface area contributed by atoms with Gasteiger partial charge in [0.15, 0.2) is 0 Å². The first-order valence-corrected chi connectivity index (χ1v) is 4.60. The van der Waals surface area contributed by atoms with Crippen molar-refractivity contribution in [3.63, 3.8) is 0 Å². The van der Waals surface area contributed by atoms with E-state index in [4.69, 9.17) is 10.3 Å². The summed E-state index contributed by atoms with van der Waals surface area (Å²) in [6.07, 6.45) is 3.30. The molecule has 2 aromatic heterocycles. The van der Waals surface area contributed by atoms with Gasteiger partial charge in [-0.25, -0.2) is 15.4 Å². The Morgan fingerprint density at radius 1 is 1.47 bits per heavy atom. The van der Waals surface area contributed by atoms with Crippen LogP contribution in [0, 0.1) is 6.92 Å². The van der Waals surface area contributed by atoms with Gasteiger partial charge in [0.2, 0.25) is 0 Å². The third-order valence-electron chi connectivity index (χ3n) is 2.09.